The molecule has 4 aromatic carbocycles. The summed E-state index contributed by atoms with van der Waals surface area (Å²) in [6.45, 7) is 2.11. The summed E-state index contributed by atoms with van der Waals surface area (Å²) < 4.78 is 6.11. The number of anilines is 2. The molecular weight excluding hydrogens is 330 g/mol. The normalized spacial score (nSPS) is 11.1. The molecule has 0 aliphatic rings. The van der Waals surface area contributed by atoms with Gasteiger partial charge in [0, 0.05) is 27.7 Å². The van der Waals surface area contributed by atoms with Crippen LogP contribution in [-0.2, 0) is 0 Å². The van der Waals surface area contributed by atoms with Crippen LogP contribution in [0.1, 0.15) is 5.56 Å². The van der Waals surface area contributed by atoms with Crippen LogP contribution >= 0.6 is 0 Å². The van der Waals surface area contributed by atoms with Crippen LogP contribution in [-0.4, -0.2) is 0 Å². The highest BCUT2D eigenvalue weighted by molar-refractivity contribution is 6.08. The minimum absolute atomic E-state index is 0.907. The van der Waals surface area contributed by atoms with Crippen LogP contribution in [0.25, 0.3) is 33.1 Å². The molecule has 130 valence electrons. The van der Waals surface area contributed by atoms with E-state index in [1.807, 2.05) is 18.2 Å². The molecule has 0 unspecified atom stereocenters. The van der Waals surface area contributed by atoms with E-state index in [4.69, 9.17) is 4.42 Å². The molecule has 1 N–H and O–H groups in total. The number of benzene rings is 4. The fraction of sp³-hybridized carbons (Fsp3) is 0.0400. The minimum atomic E-state index is 0.907. The van der Waals surface area contributed by atoms with Gasteiger partial charge in [0.1, 0.15) is 11.2 Å². The summed E-state index contributed by atoms with van der Waals surface area (Å²) in [6, 6.07) is 31.4. The molecule has 1 heterocycles. The molecule has 2 nitrogen and oxygen atoms in total. The van der Waals surface area contributed by atoms with Crippen LogP contribution in [0.5, 0.6) is 0 Å². The van der Waals surface area contributed by atoms with E-state index < -0.39 is 0 Å². The Morgan fingerprint density at radius 3 is 2.33 bits per heavy atom. The Hall–Kier alpha value is -3.52. The summed E-state index contributed by atoms with van der Waals surface area (Å²) in [7, 11) is 0. The van der Waals surface area contributed by atoms with Crippen molar-refractivity contribution in [2.45, 2.75) is 6.92 Å². The van der Waals surface area contributed by atoms with E-state index >= 15 is 0 Å². The van der Waals surface area contributed by atoms with Crippen molar-refractivity contribution in [3.05, 3.63) is 96.6 Å². The van der Waals surface area contributed by atoms with Gasteiger partial charge in [-0.1, -0.05) is 60.7 Å². The average Bonchev–Trinajstić information content (AvgIpc) is 3.06. The van der Waals surface area contributed by atoms with Crippen LogP contribution in [0.4, 0.5) is 11.4 Å². The zero-order valence-corrected chi connectivity index (χ0v) is 15.1. The van der Waals surface area contributed by atoms with E-state index in [-0.39, 0.29) is 0 Å². The summed E-state index contributed by atoms with van der Waals surface area (Å²) >= 11 is 0. The number of rotatable bonds is 3. The van der Waals surface area contributed by atoms with Gasteiger partial charge in [0.15, 0.2) is 0 Å². The van der Waals surface area contributed by atoms with Crippen LogP contribution in [0.3, 0.4) is 0 Å². The number of nitrogens with one attached hydrogen (secondary N) is 1. The molecule has 0 saturated heterocycles. The largest absolute Gasteiger partial charge is 0.456 e. The molecule has 0 saturated carbocycles. The van der Waals surface area contributed by atoms with Gasteiger partial charge in [0.25, 0.3) is 0 Å². The van der Waals surface area contributed by atoms with Gasteiger partial charge in [0.2, 0.25) is 0 Å². The SMILES string of the molecule is Cc1cccc(Nc2cc3c(cc2-c2ccccc2)oc2ccccc23)c1. The third-order valence-electron chi connectivity index (χ3n) is 4.90. The summed E-state index contributed by atoms with van der Waals surface area (Å²) in [5.74, 6) is 0. The van der Waals surface area contributed by atoms with Gasteiger partial charge in [-0.15, -0.1) is 0 Å². The molecule has 2 heteroatoms. The van der Waals surface area contributed by atoms with Gasteiger partial charge < -0.3 is 9.73 Å². The highest BCUT2D eigenvalue weighted by Gasteiger charge is 2.13. The van der Waals surface area contributed by atoms with Crippen LogP contribution in [0, 0.1) is 6.92 Å². The van der Waals surface area contributed by atoms with Crippen molar-refractivity contribution in [2.24, 2.45) is 0 Å². The highest BCUT2D eigenvalue weighted by atomic mass is 16.3. The lowest BCUT2D eigenvalue weighted by Gasteiger charge is -2.13. The number of hydrogen-bond acceptors (Lipinski definition) is 2. The van der Waals surface area contributed by atoms with E-state index in [2.05, 4.69) is 85.0 Å². The van der Waals surface area contributed by atoms with Crippen molar-refractivity contribution in [1.29, 1.82) is 0 Å². The fourth-order valence-electron chi connectivity index (χ4n) is 3.61. The molecule has 0 aliphatic heterocycles. The smallest absolute Gasteiger partial charge is 0.136 e. The lowest BCUT2D eigenvalue weighted by molar-refractivity contribution is 0.669. The van der Waals surface area contributed by atoms with Crippen molar-refractivity contribution in [3.8, 4) is 11.1 Å². The maximum atomic E-state index is 6.11. The topological polar surface area (TPSA) is 25.2 Å². The van der Waals surface area contributed by atoms with Gasteiger partial charge in [-0.2, -0.15) is 0 Å². The minimum Gasteiger partial charge on any atom is -0.456 e. The monoisotopic (exact) mass is 349 g/mol. The average molecular weight is 349 g/mol. The second-order valence-electron chi connectivity index (χ2n) is 6.85. The van der Waals surface area contributed by atoms with Gasteiger partial charge >= 0.3 is 0 Å². The molecule has 0 bridgehead atoms. The van der Waals surface area contributed by atoms with E-state index in [1.165, 1.54) is 5.56 Å². The summed E-state index contributed by atoms with van der Waals surface area (Å²) in [5.41, 5.74) is 7.50. The van der Waals surface area contributed by atoms with Crippen LogP contribution in [0.2, 0.25) is 0 Å². The van der Waals surface area contributed by atoms with Crippen LogP contribution < -0.4 is 5.32 Å². The second-order valence-corrected chi connectivity index (χ2v) is 6.85. The first kappa shape index (κ1) is 15.7. The Labute approximate surface area is 158 Å². The third-order valence-corrected chi connectivity index (χ3v) is 4.90. The predicted molar refractivity (Wildman–Crippen MR) is 114 cm³/mol. The zero-order chi connectivity index (χ0) is 18.2. The first-order chi connectivity index (χ1) is 13.3. The maximum absolute atomic E-state index is 6.11. The fourth-order valence-corrected chi connectivity index (χ4v) is 3.61. The van der Waals surface area contributed by atoms with Gasteiger partial charge in [0.05, 0.1) is 0 Å². The van der Waals surface area contributed by atoms with Gasteiger partial charge in [-0.05, 0) is 48.4 Å². The molecule has 0 radical (unpaired) electrons. The number of hydrogen-bond donors (Lipinski definition) is 1. The van der Waals surface area contributed by atoms with Gasteiger partial charge in [-0.25, -0.2) is 0 Å². The second kappa shape index (κ2) is 6.33. The zero-order valence-electron chi connectivity index (χ0n) is 15.1. The lowest BCUT2D eigenvalue weighted by Crippen LogP contribution is -1.94. The summed E-state index contributed by atoms with van der Waals surface area (Å²) in [6.07, 6.45) is 0. The third kappa shape index (κ3) is 2.85. The molecule has 5 rings (SSSR count). The molecule has 0 spiro atoms. The molecule has 0 aliphatic carbocycles. The molecule has 27 heavy (non-hydrogen) atoms. The van der Waals surface area contributed by atoms with E-state index in [0.717, 1.165) is 44.4 Å². The Morgan fingerprint density at radius 2 is 1.48 bits per heavy atom. The quantitative estimate of drug-likeness (QED) is 0.369. The van der Waals surface area contributed by atoms with E-state index in [9.17, 15) is 0 Å². The Kier molecular flexibility index (Phi) is 3.68. The van der Waals surface area contributed by atoms with Crippen molar-refractivity contribution < 1.29 is 4.42 Å². The molecule has 0 atom stereocenters. The first-order valence-electron chi connectivity index (χ1n) is 9.12. The number of fused-ring (bicyclic) bond motifs is 3. The van der Waals surface area contributed by atoms with Crippen molar-refractivity contribution in [3.63, 3.8) is 0 Å². The van der Waals surface area contributed by atoms with Gasteiger partial charge in [-0.3, -0.25) is 0 Å². The number of furan rings is 1. The Bertz CT molecular complexity index is 1250. The van der Waals surface area contributed by atoms with Crippen molar-refractivity contribution in [1.82, 2.24) is 0 Å². The van der Waals surface area contributed by atoms with E-state index in [0.29, 0.717) is 0 Å². The predicted octanol–water partition coefficient (Wildman–Crippen LogP) is 7.31. The number of aryl methyl sites for hydroxylation is 1. The molecule has 0 fully saturated rings. The standard InChI is InChI=1S/C25H19NO/c1-17-8-7-11-19(14-17)26-23-15-22-20-12-5-6-13-24(20)27-25(22)16-21(23)18-9-3-2-4-10-18/h2-16,26H,1H3. The molecule has 1 aromatic heterocycles. The Balaban J connectivity index is 1.75. The molecule has 0 amide bonds. The number of para-hydroxylation sites is 1. The molecular formula is C25H19NO. The van der Waals surface area contributed by atoms with Crippen LogP contribution in [0.15, 0.2) is 95.4 Å². The summed E-state index contributed by atoms with van der Waals surface area (Å²) in [4.78, 5) is 0. The molecule has 5 aromatic rings. The van der Waals surface area contributed by atoms with E-state index in [1.54, 1.807) is 0 Å². The van der Waals surface area contributed by atoms with Crippen molar-refractivity contribution >= 4 is 33.3 Å². The summed E-state index contributed by atoms with van der Waals surface area (Å²) in [5, 5.41) is 5.88. The maximum Gasteiger partial charge on any atom is 0.136 e. The highest BCUT2D eigenvalue weighted by Crippen LogP contribution is 2.38. The Morgan fingerprint density at radius 1 is 0.667 bits per heavy atom. The first-order valence-corrected chi connectivity index (χ1v) is 9.12. The lowest BCUT2D eigenvalue weighted by atomic mass is 10.0. The van der Waals surface area contributed by atoms with Crippen molar-refractivity contribution in [2.75, 3.05) is 5.32 Å².